The molecule has 0 fully saturated rings. The van der Waals surface area contributed by atoms with E-state index in [1.54, 1.807) is 18.2 Å². The molecular weight excluding hydrogens is 279 g/mol. The van der Waals surface area contributed by atoms with Crippen LogP contribution in [0.3, 0.4) is 0 Å². The maximum atomic E-state index is 14.1. The van der Waals surface area contributed by atoms with Gasteiger partial charge < -0.3 is 0 Å². The first-order valence-electron chi connectivity index (χ1n) is 6.79. The quantitative estimate of drug-likeness (QED) is 0.725. The van der Waals surface area contributed by atoms with Gasteiger partial charge in [0.15, 0.2) is 5.69 Å². The van der Waals surface area contributed by atoms with E-state index in [0.717, 1.165) is 16.8 Å². The highest BCUT2D eigenvalue weighted by Crippen LogP contribution is 2.27. The maximum absolute atomic E-state index is 14.1. The molecule has 0 amide bonds. The summed E-state index contributed by atoms with van der Waals surface area (Å²) in [6, 6.07) is 14.2. The molecule has 1 aromatic heterocycles. The van der Waals surface area contributed by atoms with Crippen molar-refractivity contribution in [3.8, 4) is 23.0 Å². The molecule has 2 aromatic carbocycles. The van der Waals surface area contributed by atoms with Crippen LogP contribution in [0.25, 0.3) is 16.9 Å². The molecule has 0 N–H and O–H groups in total. The third-order valence-electron chi connectivity index (χ3n) is 3.36. The number of halogens is 1. The molecule has 0 saturated heterocycles. The van der Waals surface area contributed by atoms with E-state index in [-0.39, 0.29) is 5.69 Å². The van der Waals surface area contributed by atoms with Gasteiger partial charge in [0, 0.05) is 5.56 Å². The second-order valence-corrected chi connectivity index (χ2v) is 5.14. The van der Waals surface area contributed by atoms with Crippen molar-refractivity contribution in [1.82, 2.24) is 15.0 Å². The molecule has 0 unspecified atom stereocenters. The zero-order valence-electron chi connectivity index (χ0n) is 12.2. The highest BCUT2D eigenvalue weighted by atomic mass is 19.1. The monoisotopic (exact) mass is 292 g/mol. The summed E-state index contributed by atoms with van der Waals surface area (Å²) in [5, 5.41) is 17.2. The number of nitriles is 1. The Bertz CT molecular complexity index is 870. The van der Waals surface area contributed by atoms with Gasteiger partial charge in [-0.05, 0) is 49.2 Å². The molecule has 0 radical (unpaired) electrons. The minimum atomic E-state index is -0.410. The van der Waals surface area contributed by atoms with Crippen LogP contribution in [0.2, 0.25) is 0 Å². The van der Waals surface area contributed by atoms with Crippen LogP contribution in [-0.2, 0) is 0 Å². The molecule has 5 heteroatoms. The van der Waals surface area contributed by atoms with Crippen molar-refractivity contribution in [3.63, 3.8) is 0 Å². The fraction of sp³-hybridized carbons (Fsp3) is 0.118. The summed E-state index contributed by atoms with van der Waals surface area (Å²) >= 11 is 0. The molecule has 22 heavy (non-hydrogen) atoms. The fourth-order valence-corrected chi connectivity index (χ4v) is 2.51. The van der Waals surface area contributed by atoms with Crippen molar-refractivity contribution >= 4 is 0 Å². The molecule has 1 heterocycles. The minimum absolute atomic E-state index is 0.101. The largest absolute Gasteiger partial charge is 0.211 e. The van der Waals surface area contributed by atoms with Gasteiger partial charge in [0.05, 0.1) is 5.69 Å². The summed E-state index contributed by atoms with van der Waals surface area (Å²) in [7, 11) is 0. The van der Waals surface area contributed by atoms with Crippen LogP contribution in [0.5, 0.6) is 0 Å². The van der Waals surface area contributed by atoms with Gasteiger partial charge in [-0.25, -0.2) is 9.07 Å². The number of rotatable bonds is 2. The van der Waals surface area contributed by atoms with Crippen molar-refractivity contribution in [3.05, 3.63) is 65.1 Å². The Morgan fingerprint density at radius 1 is 1.09 bits per heavy atom. The van der Waals surface area contributed by atoms with E-state index in [2.05, 4.69) is 10.3 Å². The standard InChI is InChI=1S/C17H13FN4/c1-11-7-12(2)9-13(8-11)22-17(16(10-19)20-21-22)14-5-3-4-6-15(14)18/h3-9H,1-2H3. The van der Waals surface area contributed by atoms with Crippen molar-refractivity contribution in [1.29, 1.82) is 5.26 Å². The first kappa shape index (κ1) is 14.0. The lowest BCUT2D eigenvalue weighted by atomic mass is 10.1. The second kappa shape index (κ2) is 5.41. The highest BCUT2D eigenvalue weighted by Gasteiger charge is 2.19. The van der Waals surface area contributed by atoms with E-state index in [1.807, 2.05) is 38.1 Å². The second-order valence-electron chi connectivity index (χ2n) is 5.14. The number of hydrogen-bond acceptors (Lipinski definition) is 3. The highest BCUT2D eigenvalue weighted by molar-refractivity contribution is 5.67. The van der Waals surface area contributed by atoms with E-state index in [0.29, 0.717) is 11.3 Å². The molecule has 108 valence electrons. The average Bonchev–Trinajstić information content (AvgIpc) is 2.90. The first-order valence-corrected chi connectivity index (χ1v) is 6.79. The van der Waals surface area contributed by atoms with Crippen molar-refractivity contribution < 1.29 is 4.39 Å². The van der Waals surface area contributed by atoms with Crippen LogP contribution in [0.1, 0.15) is 16.8 Å². The summed E-state index contributed by atoms with van der Waals surface area (Å²) in [5.74, 6) is -0.410. The van der Waals surface area contributed by atoms with E-state index >= 15 is 0 Å². The molecule has 3 rings (SSSR count). The van der Waals surface area contributed by atoms with Crippen LogP contribution < -0.4 is 0 Å². The number of benzene rings is 2. The Morgan fingerprint density at radius 3 is 2.41 bits per heavy atom. The lowest BCUT2D eigenvalue weighted by molar-refractivity contribution is 0.629. The van der Waals surface area contributed by atoms with E-state index in [1.165, 1.54) is 10.7 Å². The zero-order valence-corrected chi connectivity index (χ0v) is 12.2. The van der Waals surface area contributed by atoms with E-state index in [9.17, 15) is 9.65 Å². The topological polar surface area (TPSA) is 54.5 Å². The molecule has 4 nitrogen and oxygen atoms in total. The van der Waals surface area contributed by atoms with Crippen LogP contribution in [0, 0.1) is 31.0 Å². The number of hydrogen-bond donors (Lipinski definition) is 0. The minimum Gasteiger partial charge on any atom is -0.211 e. The molecule has 0 saturated carbocycles. The number of aromatic nitrogens is 3. The van der Waals surface area contributed by atoms with Crippen molar-refractivity contribution in [2.45, 2.75) is 13.8 Å². The van der Waals surface area contributed by atoms with E-state index in [4.69, 9.17) is 0 Å². The van der Waals surface area contributed by atoms with Crippen molar-refractivity contribution in [2.24, 2.45) is 0 Å². The summed E-state index contributed by atoms with van der Waals surface area (Å²) in [4.78, 5) is 0. The Morgan fingerprint density at radius 2 is 1.77 bits per heavy atom. The van der Waals surface area contributed by atoms with Crippen LogP contribution >= 0.6 is 0 Å². The maximum Gasteiger partial charge on any atom is 0.191 e. The summed E-state index contributed by atoms with van der Waals surface area (Å²) in [6.07, 6.45) is 0. The van der Waals surface area contributed by atoms with Gasteiger partial charge in [0.2, 0.25) is 0 Å². The Hall–Kier alpha value is -3.00. The number of aryl methyl sites for hydroxylation is 2. The van der Waals surface area contributed by atoms with Gasteiger partial charge in [-0.2, -0.15) is 5.26 Å². The van der Waals surface area contributed by atoms with Gasteiger partial charge in [0.1, 0.15) is 17.6 Å². The first-order chi connectivity index (χ1) is 10.6. The van der Waals surface area contributed by atoms with Gasteiger partial charge >= 0.3 is 0 Å². The molecular formula is C17H13FN4. The van der Waals surface area contributed by atoms with E-state index < -0.39 is 5.82 Å². The Labute approximate surface area is 127 Å². The molecule has 0 aliphatic heterocycles. The number of nitrogens with zero attached hydrogens (tertiary/aromatic N) is 4. The SMILES string of the molecule is Cc1cc(C)cc(-n2nnc(C#N)c2-c2ccccc2F)c1. The molecule has 0 spiro atoms. The van der Waals surface area contributed by atoms with Crippen LogP contribution in [0.4, 0.5) is 4.39 Å². The normalized spacial score (nSPS) is 10.5. The summed E-state index contributed by atoms with van der Waals surface area (Å²) in [5.41, 5.74) is 3.65. The van der Waals surface area contributed by atoms with Crippen LogP contribution in [0.15, 0.2) is 42.5 Å². The van der Waals surface area contributed by atoms with Gasteiger partial charge in [-0.1, -0.05) is 23.4 Å². The Kier molecular flexibility index (Phi) is 3.43. The molecule has 0 atom stereocenters. The fourth-order valence-electron chi connectivity index (χ4n) is 2.51. The third kappa shape index (κ3) is 2.35. The van der Waals surface area contributed by atoms with Gasteiger partial charge in [0.25, 0.3) is 0 Å². The van der Waals surface area contributed by atoms with Crippen molar-refractivity contribution in [2.75, 3.05) is 0 Å². The molecule has 0 aliphatic rings. The van der Waals surface area contributed by atoms with Gasteiger partial charge in [-0.15, -0.1) is 5.10 Å². The predicted molar refractivity (Wildman–Crippen MR) is 80.9 cm³/mol. The summed E-state index contributed by atoms with van der Waals surface area (Å²) in [6.45, 7) is 3.95. The molecule has 0 aliphatic carbocycles. The smallest absolute Gasteiger partial charge is 0.191 e. The Balaban J connectivity index is 2.29. The third-order valence-corrected chi connectivity index (χ3v) is 3.36. The molecule has 0 bridgehead atoms. The predicted octanol–water partition coefficient (Wildman–Crippen LogP) is 3.56. The van der Waals surface area contributed by atoms with Gasteiger partial charge in [-0.3, -0.25) is 0 Å². The van der Waals surface area contributed by atoms with Crippen LogP contribution in [-0.4, -0.2) is 15.0 Å². The zero-order chi connectivity index (χ0) is 15.7. The molecule has 3 aromatic rings. The summed E-state index contributed by atoms with van der Waals surface area (Å²) < 4.78 is 15.7. The average molecular weight is 292 g/mol. The lowest BCUT2D eigenvalue weighted by Gasteiger charge is -2.09. The lowest BCUT2D eigenvalue weighted by Crippen LogP contribution is -2.02.